The lowest BCUT2D eigenvalue weighted by molar-refractivity contribution is 0.0923. The normalized spacial score (nSPS) is 15.2. The van der Waals surface area contributed by atoms with Crippen molar-refractivity contribution < 1.29 is 9.18 Å². The van der Waals surface area contributed by atoms with Gasteiger partial charge in [-0.25, -0.2) is 4.39 Å². The molecule has 0 spiro atoms. The topological polar surface area (TPSA) is 59.8 Å². The van der Waals surface area contributed by atoms with Crippen molar-refractivity contribution in [3.05, 3.63) is 70.4 Å². The van der Waals surface area contributed by atoms with Crippen LogP contribution in [-0.4, -0.2) is 27.2 Å². The van der Waals surface area contributed by atoms with Gasteiger partial charge in [0.05, 0.1) is 17.9 Å². The van der Waals surface area contributed by atoms with Gasteiger partial charge in [-0.2, -0.15) is 5.10 Å². The molecule has 1 aromatic carbocycles. The third-order valence-corrected chi connectivity index (χ3v) is 5.10. The summed E-state index contributed by atoms with van der Waals surface area (Å²) < 4.78 is 14.9. The van der Waals surface area contributed by atoms with Crippen molar-refractivity contribution in [2.45, 2.75) is 19.4 Å². The zero-order valence-corrected chi connectivity index (χ0v) is 14.6. The molecule has 2 aromatic heterocycles. The van der Waals surface area contributed by atoms with E-state index in [9.17, 15) is 9.18 Å². The fourth-order valence-electron chi connectivity index (χ4n) is 3.75. The fraction of sp³-hybridized carbons (Fsp3) is 0.190. The van der Waals surface area contributed by atoms with Crippen LogP contribution in [0, 0.1) is 5.82 Å². The molecule has 1 N–H and O–H groups in total. The molecule has 5 rings (SSSR count). The number of amides is 1. The first-order valence-electron chi connectivity index (χ1n) is 9.00. The number of hydrogen-bond donors (Lipinski definition) is 1. The van der Waals surface area contributed by atoms with Gasteiger partial charge in [0.15, 0.2) is 0 Å². The van der Waals surface area contributed by atoms with E-state index in [4.69, 9.17) is 5.10 Å². The smallest absolute Gasteiger partial charge is 0.269 e. The Hall–Kier alpha value is -3.28. The largest absolute Gasteiger partial charge is 0.349 e. The summed E-state index contributed by atoms with van der Waals surface area (Å²) in [7, 11) is 0. The van der Waals surface area contributed by atoms with Gasteiger partial charge in [0.1, 0.15) is 11.5 Å². The Balaban J connectivity index is 1.53. The zero-order chi connectivity index (χ0) is 18.4. The van der Waals surface area contributed by atoms with Crippen molar-refractivity contribution in [2.75, 3.05) is 6.54 Å². The van der Waals surface area contributed by atoms with Gasteiger partial charge in [0.2, 0.25) is 0 Å². The van der Waals surface area contributed by atoms with Crippen LogP contribution in [0.1, 0.15) is 32.9 Å². The lowest BCUT2D eigenvalue weighted by atomic mass is 9.89. The first kappa shape index (κ1) is 15.9. The van der Waals surface area contributed by atoms with Crippen molar-refractivity contribution in [1.29, 1.82) is 0 Å². The molecule has 1 amide bonds. The van der Waals surface area contributed by atoms with Gasteiger partial charge in [-0.05, 0) is 48.2 Å². The molecule has 6 heteroatoms. The van der Waals surface area contributed by atoms with Gasteiger partial charge in [-0.3, -0.25) is 14.5 Å². The number of nitrogens with one attached hydrogen (secondary N) is 1. The molecule has 0 saturated heterocycles. The number of halogens is 1. The minimum absolute atomic E-state index is 0.0380. The van der Waals surface area contributed by atoms with Crippen LogP contribution in [0.3, 0.4) is 0 Å². The lowest BCUT2D eigenvalue weighted by Crippen LogP contribution is -2.36. The maximum atomic E-state index is 13.0. The molecule has 0 saturated carbocycles. The second-order valence-corrected chi connectivity index (χ2v) is 6.81. The first-order chi connectivity index (χ1) is 13.2. The molecular formula is C21H17FN4O. The number of aryl methyl sites for hydroxylation is 1. The van der Waals surface area contributed by atoms with Crippen LogP contribution in [-0.2, 0) is 19.4 Å². The summed E-state index contributed by atoms with van der Waals surface area (Å²) in [6.45, 7) is 1.31. The molecule has 0 fully saturated rings. The molecule has 1 aliphatic carbocycles. The summed E-state index contributed by atoms with van der Waals surface area (Å²) >= 11 is 0. The van der Waals surface area contributed by atoms with E-state index in [1.165, 1.54) is 12.1 Å². The number of nitrogens with zero attached hydrogens (tertiary/aromatic N) is 3. The van der Waals surface area contributed by atoms with Crippen molar-refractivity contribution in [2.24, 2.45) is 0 Å². The average molecular weight is 360 g/mol. The predicted molar refractivity (Wildman–Crippen MR) is 101 cm³/mol. The van der Waals surface area contributed by atoms with Crippen molar-refractivity contribution in [3.63, 3.8) is 0 Å². The van der Waals surface area contributed by atoms with E-state index in [1.54, 1.807) is 12.1 Å². The third-order valence-electron chi connectivity index (χ3n) is 5.10. The minimum Gasteiger partial charge on any atom is -0.349 e. The van der Waals surface area contributed by atoms with Crippen LogP contribution in [0.25, 0.3) is 23.4 Å². The zero-order valence-electron chi connectivity index (χ0n) is 14.6. The minimum atomic E-state index is -0.251. The van der Waals surface area contributed by atoms with E-state index in [0.29, 0.717) is 18.8 Å². The fourth-order valence-corrected chi connectivity index (χ4v) is 3.75. The van der Waals surface area contributed by atoms with E-state index in [-0.39, 0.29) is 11.7 Å². The molecule has 1 aliphatic heterocycles. The van der Waals surface area contributed by atoms with Crippen molar-refractivity contribution in [1.82, 2.24) is 20.1 Å². The van der Waals surface area contributed by atoms with Crippen LogP contribution in [0.15, 0.2) is 36.5 Å². The Labute approximate surface area is 155 Å². The molecule has 3 heterocycles. The highest BCUT2D eigenvalue weighted by molar-refractivity contribution is 5.97. The van der Waals surface area contributed by atoms with Crippen molar-refractivity contribution >= 4 is 18.1 Å². The van der Waals surface area contributed by atoms with Crippen LogP contribution < -0.4 is 5.32 Å². The maximum Gasteiger partial charge on any atom is 0.269 e. The van der Waals surface area contributed by atoms with E-state index in [2.05, 4.69) is 10.3 Å². The number of pyridine rings is 1. The third kappa shape index (κ3) is 2.73. The van der Waals surface area contributed by atoms with Crippen molar-refractivity contribution in [3.8, 4) is 11.3 Å². The molecule has 134 valence electrons. The Morgan fingerprint density at radius 3 is 2.85 bits per heavy atom. The molecule has 0 radical (unpaired) electrons. The number of hydrogen-bond acceptors (Lipinski definition) is 3. The van der Waals surface area contributed by atoms with Gasteiger partial charge >= 0.3 is 0 Å². The second-order valence-electron chi connectivity index (χ2n) is 6.81. The lowest BCUT2D eigenvalue weighted by Gasteiger charge is -2.17. The molecule has 0 bridgehead atoms. The first-order valence-corrected chi connectivity index (χ1v) is 9.00. The SMILES string of the molecule is O=C1NCCn2nc3c(c21)CCc1cnc(/C=C/c2ccc(F)cc2)cc1-3. The summed E-state index contributed by atoms with van der Waals surface area (Å²) in [5.74, 6) is -0.289. The Bertz CT molecular complexity index is 1080. The molecule has 0 unspecified atom stereocenters. The second kappa shape index (κ2) is 6.16. The van der Waals surface area contributed by atoms with E-state index >= 15 is 0 Å². The van der Waals surface area contributed by atoms with E-state index in [0.717, 1.165) is 46.5 Å². The molecule has 2 aliphatic rings. The van der Waals surface area contributed by atoms with Gasteiger partial charge in [0, 0.05) is 23.9 Å². The van der Waals surface area contributed by atoms with Crippen LogP contribution in [0.4, 0.5) is 4.39 Å². The molecular weight excluding hydrogens is 343 g/mol. The Kier molecular flexibility index (Phi) is 3.63. The summed E-state index contributed by atoms with van der Waals surface area (Å²) in [6, 6.07) is 8.35. The van der Waals surface area contributed by atoms with Crippen LogP contribution in [0.2, 0.25) is 0 Å². The van der Waals surface area contributed by atoms with Gasteiger partial charge in [-0.1, -0.05) is 18.2 Å². The Morgan fingerprint density at radius 1 is 1.15 bits per heavy atom. The number of benzene rings is 1. The van der Waals surface area contributed by atoms with Gasteiger partial charge in [-0.15, -0.1) is 0 Å². The van der Waals surface area contributed by atoms with Gasteiger partial charge < -0.3 is 5.32 Å². The summed E-state index contributed by atoms with van der Waals surface area (Å²) in [5.41, 5.74) is 6.52. The number of aromatic nitrogens is 3. The summed E-state index contributed by atoms with van der Waals surface area (Å²) in [4.78, 5) is 16.8. The van der Waals surface area contributed by atoms with E-state index < -0.39 is 0 Å². The monoisotopic (exact) mass is 360 g/mol. The highest BCUT2D eigenvalue weighted by Gasteiger charge is 2.30. The molecule has 5 nitrogen and oxygen atoms in total. The van der Waals surface area contributed by atoms with E-state index in [1.807, 2.05) is 29.1 Å². The van der Waals surface area contributed by atoms with Crippen LogP contribution >= 0.6 is 0 Å². The average Bonchev–Trinajstić information content (AvgIpc) is 3.08. The van der Waals surface area contributed by atoms with Crippen LogP contribution in [0.5, 0.6) is 0 Å². The predicted octanol–water partition coefficient (Wildman–Crippen LogP) is 3.10. The highest BCUT2D eigenvalue weighted by atomic mass is 19.1. The summed E-state index contributed by atoms with van der Waals surface area (Å²) in [5, 5.41) is 7.62. The standard InChI is InChI=1S/C21H17FN4O/c22-15-5-1-13(2-6-15)3-7-16-11-18-14(12-24-16)4-8-17-19(18)25-26-10-9-23-21(27)20(17)26/h1-3,5-7,11-12H,4,8-10H2,(H,23,27)/b7-3+. The number of carbonyl (C=O) groups excluding carboxylic acids is 1. The molecule has 27 heavy (non-hydrogen) atoms. The number of fused-ring (bicyclic) bond motifs is 5. The Morgan fingerprint density at radius 2 is 2.00 bits per heavy atom. The number of rotatable bonds is 2. The maximum absolute atomic E-state index is 13.0. The quantitative estimate of drug-likeness (QED) is 0.764. The molecule has 0 atom stereocenters. The highest BCUT2D eigenvalue weighted by Crippen LogP contribution is 2.35. The summed E-state index contributed by atoms with van der Waals surface area (Å²) in [6.07, 6.45) is 7.36. The number of carbonyl (C=O) groups is 1. The van der Waals surface area contributed by atoms with Gasteiger partial charge in [0.25, 0.3) is 5.91 Å². The molecule has 3 aromatic rings.